The zero-order valence-corrected chi connectivity index (χ0v) is 8.80. The second kappa shape index (κ2) is 4.21. The standard InChI is InChI=1S/C9H16N4O/c1-9(2,3)8(12-14)4-5-13-7-10-6-11-13/h6-7,14H,4-5H2,1-3H3. The highest BCUT2D eigenvalue weighted by molar-refractivity contribution is 5.88. The SMILES string of the molecule is CC(C)(C)C(CCn1cncn1)=NO. The maximum atomic E-state index is 8.83. The topological polar surface area (TPSA) is 63.3 Å². The predicted molar refractivity (Wildman–Crippen MR) is 53.3 cm³/mol. The average Bonchev–Trinajstić information content (AvgIpc) is 2.55. The van der Waals surface area contributed by atoms with E-state index in [1.54, 1.807) is 11.0 Å². The van der Waals surface area contributed by atoms with Gasteiger partial charge in [0.05, 0.1) is 5.71 Å². The molecular weight excluding hydrogens is 180 g/mol. The minimum atomic E-state index is -0.102. The van der Waals surface area contributed by atoms with Crippen LogP contribution in [0.5, 0.6) is 0 Å². The van der Waals surface area contributed by atoms with E-state index in [9.17, 15) is 0 Å². The Balaban J connectivity index is 2.52. The van der Waals surface area contributed by atoms with Crippen LogP contribution in [0.1, 0.15) is 27.2 Å². The second-order valence-electron chi connectivity index (χ2n) is 4.21. The third-order valence-corrected chi connectivity index (χ3v) is 2.03. The summed E-state index contributed by atoms with van der Waals surface area (Å²) < 4.78 is 1.72. The van der Waals surface area contributed by atoms with E-state index >= 15 is 0 Å². The third kappa shape index (κ3) is 2.83. The maximum Gasteiger partial charge on any atom is 0.137 e. The van der Waals surface area contributed by atoms with Crippen molar-refractivity contribution in [1.29, 1.82) is 0 Å². The van der Waals surface area contributed by atoms with Crippen molar-refractivity contribution in [1.82, 2.24) is 14.8 Å². The van der Waals surface area contributed by atoms with E-state index in [1.165, 1.54) is 6.33 Å². The molecule has 1 heterocycles. The Bertz CT molecular complexity index is 297. The Morgan fingerprint density at radius 2 is 2.21 bits per heavy atom. The summed E-state index contributed by atoms with van der Waals surface area (Å²) in [4.78, 5) is 3.84. The van der Waals surface area contributed by atoms with Crippen LogP contribution < -0.4 is 0 Å². The van der Waals surface area contributed by atoms with Gasteiger partial charge in [0.1, 0.15) is 12.7 Å². The molecule has 78 valence electrons. The van der Waals surface area contributed by atoms with E-state index in [0.29, 0.717) is 13.0 Å². The Labute approximate surface area is 83.5 Å². The van der Waals surface area contributed by atoms with Gasteiger partial charge in [-0.15, -0.1) is 0 Å². The van der Waals surface area contributed by atoms with E-state index in [2.05, 4.69) is 15.2 Å². The minimum Gasteiger partial charge on any atom is -0.411 e. The number of aryl methyl sites for hydroxylation is 1. The van der Waals surface area contributed by atoms with Crippen molar-refractivity contribution in [3.05, 3.63) is 12.7 Å². The predicted octanol–water partition coefficient (Wildman–Crippen LogP) is 1.54. The molecule has 0 spiro atoms. The summed E-state index contributed by atoms with van der Waals surface area (Å²) >= 11 is 0. The van der Waals surface area contributed by atoms with Crippen LogP contribution in [0.2, 0.25) is 0 Å². The summed E-state index contributed by atoms with van der Waals surface area (Å²) in [6.45, 7) is 6.74. The van der Waals surface area contributed by atoms with Crippen molar-refractivity contribution in [2.75, 3.05) is 0 Å². The van der Waals surface area contributed by atoms with Gasteiger partial charge in [-0.3, -0.25) is 4.68 Å². The Morgan fingerprint density at radius 1 is 1.50 bits per heavy atom. The lowest BCUT2D eigenvalue weighted by Crippen LogP contribution is -2.22. The summed E-state index contributed by atoms with van der Waals surface area (Å²) in [5.41, 5.74) is 0.669. The highest BCUT2D eigenvalue weighted by Crippen LogP contribution is 2.18. The van der Waals surface area contributed by atoms with Crippen LogP contribution >= 0.6 is 0 Å². The molecule has 0 aliphatic heterocycles. The quantitative estimate of drug-likeness (QED) is 0.453. The summed E-state index contributed by atoms with van der Waals surface area (Å²) in [5, 5.41) is 16.1. The van der Waals surface area contributed by atoms with Crippen LogP contribution in [0.3, 0.4) is 0 Å². The first kappa shape index (κ1) is 10.7. The van der Waals surface area contributed by atoms with E-state index in [4.69, 9.17) is 5.21 Å². The lowest BCUT2D eigenvalue weighted by molar-refractivity contribution is 0.308. The molecule has 0 atom stereocenters. The first-order valence-electron chi connectivity index (χ1n) is 4.58. The molecule has 5 nitrogen and oxygen atoms in total. The Morgan fingerprint density at radius 3 is 2.64 bits per heavy atom. The lowest BCUT2D eigenvalue weighted by atomic mass is 9.88. The van der Waals surface area contributed by atoms with E-state index in [0.717, 1.165) is 5.71 Å². The molecule has 0 unspecified atom stereocenters. The number of hydrogen-bond donors (Lipinski definition) is 1. The zero-order valence-electron chi connectivity index (χ0n) is 8.80. The van der Waals surface area contributed by atoms with Gasteiger partial charge in [-0.2, -0.15) is 5.10 Å². The van der Waals surface area contributed by atoms with Gasteiger partial charge in [-0.1, -0.05) is 25.9 Å². The number of aromatic nitrogens is 3. The minimum absolute atomic E-state index is 0.102. The first-order valence-corrected chi connectivity index (χ1v) is 4.58. The number of rotatable bonds is 3. The molecular formula is C9H16N4O. The molecule has 0 saturated heterocycles. The van der Waals surface area contributed by atoms with Gasteiger partial charge in [-0.05, 0) is 0 Å². The van der Waals surface area contributed by atoms with Crippen LogP contribution in [-0.2, 0) is 6.54 Å². The van der Waals surface area contributed by atoms with Gasteiger partial charge in [0.25, 0.3) is 0 Å². The van der Waals surface area contributed by atoms with Crippen molar-refractivity contribution < 1.29 is 5.21 Å². The van der Waals surface area contributed by atoms with Gasteiger partial charge in [0, 0.05) is 18.4 Å². The average molecular weight is 196 g/mol. The molecule has 0 saturated carbocycles. The number of hydrogen-bond acceptors (Lipinski definition) is 4. The second-order valence-corrected chi connectivity index (χ2v) is 4.21. The lowest BCUT2D eigenvalue weighted by Gasteiger charge is -2.19. The Hall–Kier alpha value is -1.39. The summed E-state index contributed by atoms with van der Waals surface area (Å²) in [7, 11) is 0. The van der Waals surface area contributed by atoms with Gasteiger partial charge in [0.15, 0.2) is 0 Å². The molecule has 0 fully saturated rings. The van der Waals surface area contributed by atoms with Crippen molar-refractivity contribution in [2.45, 2.75) is 33.7 Å². The van der Waals surface area contributed by atoms with Crippen molar-refractivity contribution >= 4 is 5.71 Å². The molecule has 1 N–H and O–H groups in total. The van der Waals surface area contributed by atoms with Crippen LogP contribution in [0, 0.1) is 5.41 Å². The molecule has 14 heavy (non-hydrogen) atoms. The van der Waals surface area contributed by atoms with Crippen LogP contribution in [0.15, 0.2) is 17.8 Å². The fraction of sp³-hybridized carbons (Fsp3) is 0.667. The van der Waals surface area contributed by atoms with E-state index in [1.807, 2.05) is 20.8 Å². The molecule has 0 amide bonds. The van der Waals surface area contributed by atoms with E-state index in [-0.39, 0.29) is 5.41 Å². The first-order chi connectivity index (χ1) is 6.54. The summed E-state index contributed by atoms with van der Waals surface area (Å²) in [6, 6.07) is 0. The van der Waals surface area contributed by atoms with Gasteiger partial charge in [-0.25, -0.2) is 4.98 Å². The third-order valence-electron chi connectivity index (χ3n) is 2.03. The van der Waals surface area contributed by atoms with Crippen LogP contribution in [0.25, 0.3) is 0 Å². The zero-order chi connectivity index (χ0) is 10.6. The summed E-state index contributed by atoms with van der Waals surface area (Å²) in [6.07, 6.45) is 3.83. The molecule has 1 aromatic heterocycles. The molecule has 0 aromatic carbocycles. The fourth-order valence-electron chi connectivity index (χ4n) is 1.14. The molecule has 5 heteroatoms. The maximum absolute atomic E-state index is 8.83. The Kier molecular flexibility index (Phi) is 3.22. The monoisotopic (exact) mass is 196 g/mol. The normalized spacial score (nSPS) is 13.2. The van der Waals surface area contributed by atoms with Gasteiger partial charge >= 0.3 is 0 Å². The van der Waals surface area contributed by atoms with Gasteiger partial charge < -0.3 is 5.21 Å². The van der Waals surface area contributed by atoms with Crippen molar-refractivity contribution in [3.8, 4) is 0 Å². The molecule has 0 radical (unpaired) electrons. The molecule has 0 bridgehead atoms. The van der Waals surface area contributed by atoms with Crippen molar-refractivity contribution in [2.24, 2.45) is 10.6 Å². The fourth-order valence-corrected chi connectivity index (χ4v) is 1.14. The number of nitrogens with zero attached hydrogens (tertiary/aromatic N) is 4. The molecule has 0 aliphatic carbocycles. The van der Waals surface area contributed by atoms with Crippen molar-refractivity contribution in [3.63, 3.8) is 0 Å². The highest BCUT2D eigenvalue weighted by Gasteiger charge is 2.19. The molecule has 0 aliphatic rings. The van der Waals surface area contributed by atoms with Crippen LogP contribution in [-0.4, -0.2) is 25.7 Å². The highest BCUT2D eigenvalue weighted by atomic mass is 16.4. The number of oxime groups is 1. The molecule has 1 rings (SSSR count). The summed E-state index contributed by atoms with van der Waals surface area (Å²) in [5.74, 6) is 0. The largest absolute Gasteiger partial charge is 0.411 e. The van der Waals surface area contributed by atoms with Crippen LogP contribution in [0.4, 0.5) is 0 Å². The molecule has 1 aromatic rings. The van der Waals surface area contributed by atoms with E-state index < -0.39 is 0 Å². The van der Waals surface area contributed by atoms with Gasteiger partial charge in [0.2, 0.25) is 0 Å². The smallest absolute Gasteiger partial charge is 0.137 e.